The maximum atomic E-state index is 12.8. The maximum Gasteiger partial charge on any atom is 0.264 e. The van der Waals surface area contributed by atoms with Gasteiger partial charge in [-0.3, -0.25) is 10.1 Å². The number of nitrogens with one attached hydrogen (secondary N) is 2. The second-order valence-corrected chi connectivity index (χ2v) is 7.09. The van der Waals surface area contributed by atoms with Crippen molar-refractivity contribution in [3.63, 3.8) is 0 Å². The van der Waals surface area contributed by atoms with Crippen LogP contribution in [0.25, 0.3) is 0 Å². The zero-order valence-corrected chi connectivity index (χ0v) is 17.3. The van der Waals surface area contributed by atoms with Crippen LogP contribution in [0.1, 0.15) is 23.2 Å². The molecule has 1 heterocycles. The summed E-state index contributed by atoms with van der Waals surface area (Å²) >= 11 is 11.8. The molecule has 1 saturated heterocycles. The molecule has 148 valence electrons. The van der Waals surface area contributed by atoms with Crippen LogP contribution >= 0.6 is 23.8 Å². The van der Waals surface area contributed by atoms with Gasteiger partial charge in [-0.05, 0) is 49.3 Å². The molecule has 0 saturated carbocycles. The van der Waals surface area contributed by atoms with Crippen LogP contribution in [-0.2, 0) is 0 Å². The molecule has 0 bridgehead atoms. The van der Waals surface area contributed by atoms with Crippen LogP contribution in [0.5, 0.6) is 11.5 Å². The summed E-state index contributed by atoms with van der Waals surface area (Å²) in [6, 6.07) is 10.7. The van der Waals surface area contributed by atoms with Crippen molar-refractivity contribution in [3.8, 4) is 11.5 Å². The second-order valence-electron chi connectivity index (χ2n) is 6.28. The second kappa shape index (κ2) is 9.12. The highest BCUT2D eigenvalue weighted by molar-refractivity contribution is 7.80. The van der Waals surface area contributed by atoms with Crippen molar-refractivity contribution in [2.24, 2.45) is 0 Å². The number of halogens is 1. The van der Waals surface area contributed by atoms with Crippen LogP contribution in [0.2, 0.25) is 5.02 Å². The van der Waals surface area contributed by atoms with Crippen molar-refractivity contribution < 1.29 is 14.3 Å². The number of rotatable bonds is 5. The van der Waals surface area contributed by atoms with E-state index < -0.39 is 5.91 Å². The normalized spacial score (nSPS) is 13.2. The number of carbonyl (C=O) groups is 1. The van der Waals surface area contributed by atoms with Gasteiger partial charge in [-0.1, -0.05) is 23.7 Å². The molecule has 1 fully saturated rings. The van der Waals surface area contributed by atoms with E-state index in [2.05, 4.69) is 15.5 Å². The summed E-state index contributed by atoms with van der Waals surface area (Å²) in [7, 11) is 2.99. The molecule has 1 aliphatic rings. The molecule has 0 unspecified atom stereocenters. The van der Waals surface area contributed by atoms with Gasteiger partial charge >= 0.3 is 0 Å². The van der Waals surface area contributed by atoms with E-state index in [4.69, 9.17) is 33.3 Å². The number of ether oxygens (including phenoxy) is 2. The van der Waals surface area contributed by atoms with Crippen LogP contribution in [0.15, 0.2) is 36.4 Å². The molecule has 3 rings (SSSR count). The van der Waals surface area contributed by atoms with Gasteiger partial charge in [0.1, 0.15) is 17.1 Å². The van der Waals surface area contributed by atoms with Gasteiger partial charge < -0.3 is 19.7 Å². The van der Waals surface area contributed by atoms with Crippen molar-refractivity contribution in [1.29, 1.82) is 0 Å². The van der Waals surface area contributed by atoms with Gasteiger partial charge in [0, 0.05) is 13.1 Å². The minimum atomic E-state index is -0.420. The Hall–Kier alpha value is -2.51. The van der Waals surface area contributed by atoms with Crippen molar-refractivity contribution in [2.45, 2.75) is 12.8 Å². The quantitative estimate of drug-likeness (QED) is 0.712. The first-order valence-electron chi connectivity index (χ1n) is 8.92. The van der Waals surface area contributed by atoms with Gasteiger partial charge in [-0.15, -0.1) is 0 Å². The molecule has 0 spiro atoms. The fraction of sp³-hybridized carbons (Fsp3) is 0.300. The van der Waals surface area contributed by atoms with Crippen LogP contribution in [-0.4, -0.2) is 38.3 Å². The van der Waals surface area contributed by atoms with Gasteiger partial charge in [0.2, 0.25) is 0 Å². The smallest absolute Gasteiger partial charge is 0.264 e. The lowest BCUT2D eigenvalue weighted by atomic mass is 10.1. The van der Waals surface area contributed by atoms with Crippen molar-refractivity contribution in [2.75, 3.05) is 37.5 Å². The summed E-state index contributed by atoms with van der Waals surface area (Å²) in [6.07, 6.45) is 2.25. The van der Waals surface area contributed by atoms with Gasteiger partial charge in [-0.2, -0.15) is 0 Å². The van der Waals surface area contributed by atoms with E-state index in [1.165, 1.54) is 14.2 Å². The first-order valence-corrected chi connectivity index (χ1v) is 9.70. The number of hydrogen-bond acceptors (Lipinski definition) is 5. The number of nitrogens with zero attached hydrogens (tertiary/aromatic N) is 1. The third-order valence-corrected chi connectivity index (χ3v) is 5.05. The Labute approximate surface area is 174 Å². The van der Waals surface area contributed by atoms with Gasteiger partial charge in [-0.25, -0.2) is 0 Å². The van der Waals surface area contributed by atoms with E-state index in [9.17, 15) is 4.79 Å². The zero-order valence-electron chi connectivity index (χ0n) is 15.8. The number of amides is 1. The maximum absolute atomic E-state index is 12.8. The van der Waals surface area contributed by atoms with E-state index in [1.54, 1.807) is 18.2 Å². The van der Waals surface area contributed by atoms with E-state index in [0.717, 1.165) is 37.3 Å². The molecule has 6 nitrogen and oxygen atoms in total. The van der Waals surface area contributed by atoms with Crippen LogP contribution in [0, 0.1) is 0 Å². The lowest BCUT2D eigenvalue weighted by Gasteiger charge is -2.23. The molecule has 28 heavy (non-hydrogen) atoms. The molecular weight excluding hydrogens is 398 g/mol. The van der Waals surface area contributed by atoms with Crippen molar-refractivity contribution in [1.82, 2.24) is 5.32 Å². The zero-order chi connectivity index (χ0) is 20.1. The summed E-state index contributed by atoms with van der Waals surface area (Å²) in [5.41, 5.74) is 1.93. The Kier molecular flexibility index (Phi) is 6.59. The third kappa shape index (κ3) is 4.31. The molecule has 2 N–H and O–H groups in total. The minimum absolute atomic E-state index is 0.167. The monoisotopic (exact) mass is 419 g/mol. The largest absolute Gasteiger partial charge is 0.496 e. The summed E-state index contributed by atoms with van der Waals surface area (Å²) in [4.78, 5) is 15.0. The highest BCUT2D eigenvalue weighted by Crippen LogP contribution is 2.36. The van der Waals surface area contributed by atoms with E-state index in [0.29, 0.717) is 16.5 Å². The summed E-state index contributed by atoms with van der Waals surface area (Å²) in [6.45, 7) is 1.88. The Balaban J connectivity index is 1.79. The lowest BCUT2D eigenvalue weighted by Crippen LogP contribution is -2.35. The number of carbonyl (C=O) groups excluding carboxylic acids is 1. The summed E-state index contributed by atoms with van der Waals surface area (Å²) < 4.78 is 10.6. The summed E-state index contributed by atoms with van der Waals surface area (Å²) in [5.74, 6) is 0.386. The predicted octanol–water partition coefficient (Wildman–Crippen LogP) is 4.08. The molecule has 2 aromatic rings. The molecule has 1 aliphatic heterocycles. The Morgan fingerprint density at radius 2 is 1.68 bits per heavy atom. The fourth-order valence-corrected chi connectivity index (χ4v) is 3.77. The van der Waals surface area contributed by atoms with Crippen LogP contribution in [0.4, 0.5) is 11.4 Å². The Bertz CT molecular complexity index is 863. The van der Waals surface area contributed by atoms with Gasteiger partial charge in [0.15, 0.2) is 5.11 Å². The van der Waals surface area contributed by atoms with E-state index in [-0.39, 0.29) is 10.7 Å². The van der Waals surface area contributed by atoms with Crippen LogP contribution in [0.3, 0.4) is 0 Å². The fourth-order valence-electron chi connectivity index (χ4n) is 3.27. The SMILES string of the molecule is COc1cccc(OC)c1C(=O)NC(=S)Nc1cccc(Cl)c1N1CCCC1. The molecular formula is C20H22ClN3O3S. The Morgan fingerprint density at radius 3 is 2.29 bits per heavy atom. The van der Waals surface area contributed by atoms with Gasteiger partial charge in [0.05, 0.1) is 30.6 Å². The van der Waals surface area contributed by atoms with Gasteiger partial charge in [0.25, 0.3) is 5.91 Å². The molecule has 0 aliphatic carbocycles. The first-order chi connectivity index (χ1) is 13.5. The number of methoxy groups -OCH3 is 2. The minimum Gasteiger partial charge on any atom is -0.496 e. The molecule has 8 heteroatoms. The molecule has 0 radical (unpaired) electrons. The number of hydrogen-bond donors (Lipinski definition) is 2. The predicted molar refractivity (Wildman–Crippen MR) is 116 cm³/mol. The number of thiocarbonyl (C=S) groups is 1. The van der Waals surface area contributed by atoms with Crippen LogP contribution < -0.4 is 25.0 Å². The highest BCUT2D eigenvalue weighted by Gasteiger charge is 2.21. The summed E-state index contributed by atoms with van der Waals surface area (Å²) in [5, 5.41) is 6.60. The first kappa shape index (κ1) is 20.2. The third-order valence-electron chi connectivity index (χ3n) is 4.54. The molecule has 0 aromatic heterocycles. The Morgan fingerprint density at radius 1 is 1.07 bits per heavy atom. The highest BCUT2D eigenvalue weighted by atomic mass is 35.5. The van der Waals surface area contributed by atoms with E-state index >= 15 is 0 Å². The lowest BCUT2D eigenvalue weighted by molar-refractivity contribution is 0.0971. The van der Waals surface area contributed by atoms with Crippen molar-refractivity contribution >= 4 is 46.2 Å². The topological polar surface area (TPSA) is 62.8 Å². The molecule has 0 atom stereocenters. The molecule has 2 aromatic carbocycles. The van der Waals surface area contributed by atoms with E-state index in [1.807, 2.05) is 18.2 Å². The number of para-hydroxylation sites is 1. The number of anilines is 2. The molecule has 1 amide bonds. The number of benzene rings is 2. The average Bonchev–Trinajstić information content (AvgIpc) is 3.21. The standard InChI is InChI=1S/C20H22ClN3O3S/c1-26-15-9-6-10-16(27-2)17(15)19(25)23-20(28)22-14-8-5-7-13(21)18(14)24-11-3-4-12-24/h5-10H,3-4,11-12H2,1-2H3,(H2,22,23,25,28). The van der Waals surface area contributed by atoms with Crippen molar-refractivity contribution in [3.05, 3.63) is 47.0 Å². The average molecular weight is 420 g/mol.